The number of halogens is 2. The van der Waals surface area contributed by atoms with Gasteiger partial charge in [-0.15, -0.1) is 10.8 Å². The highest BCUT2D eigenvalue weighted by Gasteiger charge is 2.38. The van der Waals surface area contributed by atoms with Gasteiger partial charge >= 0.3 is 5.97 Å². The fraction of sp³-hybridized carbons (Fsp3) is 0.267. The number of aromatic hydroxyl groups is 1. The predicted octanol–water partition coefficient (Wildman–Crippen LogP) is 4.25. The molecule has 0 saturated carbocycles. The highest BCUT2D eigenvalue weighted by Crippen LogP contribution is 2.58. The molecule has 1 aliphatic heterocycles. The van der Waals surface area contributed by atoms with Gasteiger partial charge in [-0.25, -0.2) is 8.70 Å². The zero-order valence-corrected chi connectivity index (χ0v) is 14.6. The Morgan fingerprint density at radius 3 is 2.72 bits per heavy atom. The molecule has 3 N–H and O–H groups in total. The summed E-state index contributed by atoms with van der Waals surface area (Å²) >= 11 is 5.99. The Hall–Kier alpha value is -1.94. The first-order valence-electron chi connectivity index (χ1n) is 7.24. The summed E-state index contributed by atoms with van der Waals surface area (Å²) in [7, 11) is -3.19. The van der Waals surface area contributed by atoms with Crippen molar-refractivity contribution < 1.29 is 32.6 Å². The molecule has 0 spiro atoms. The van der Waals surface area contributed by atoms with Crippen molar-refractivity contribution in [1.82, 2.24) is 0 Å². The smallest absolute Gasteiger partial charge is 0.308 e. The van der Waals surface area contributed by atoms with Crippen molar-refractivity contribution in [3.63, 3.8) is 0 Å². The lowest BCUT2D eigenvalue weighted by Gasteiger charge is -2.36. The number of hydrogen-bond donors (Lipinski definition) is 3. The van der Waals surface area contributed by atoms with Crippen molar-refractivity contribution in [3.05, 3.63) is 29.0 Å². The van der Waals surface area contributed by atoms with Crippen molar-refractivity contribution in [2.24, 2.45) is 0 Å². The Labute approximate surface area is 149 Å². The maximum Gasteiger partial charge on any atom is 0.308 e. The van der Waals surface area contributed by atoms with Gasteiger partial charge in [0, 0.05) is 13.5 Å². The summed E-state index contributed by atoms with van der Waals surface area (Å²) < 4.78 is 46.0. The number of esters is 1. The maximum atomic E-state index is 14.2. The van der Waals surface area contributed by atoms with Gasteiger partial charge in [-0.2, -0.15) is 0 Å². The SMILES string of the molecule is CC(=O)Oc1c(N2CCCS2(O)O)oc(-c2c(F)cccc2Cl)c1O. The van der Waals surface area contributed by atoms with Crippen molar-refractivity contribution in [2.45, 2.75) is 13.3 Å². The zero-order valence-electron chi connectivity index (χ0n) is 13.0. The van der Waals surface area contributed by atoms with E-state index in [4.69, 9.17) is 20.8 Å². The lowest BCUT2D eigenvalue weighted by Crippen LogP contribution is -2.22. The molecule has 0 amide bonds. The number of nitrogens with zero attached hydrogens (tertiary/aromatic N) is 1. The molecule has 10 heteroatoms. The van der Waals surface area contributed by atoms with Crippen LogP contribution in [-0.4, -0.2) is 32.5 Å². The number of rotatable bonds is 3. The molecule has 3 rings (SSSR count). The molecule has 7 nitrogen and oxygen atoms in total. The van der Waals surface area contributed by atoms with E-state index in [-0.39, 0.29) is 34.5 Å². The minimum atomic E-state index is -3.19. The summed E-state index contributed by atoms with van der Waals surface area (Å²) in [6.45, 7) is 1.31. The van der Waals surface area contributed by atoms with Gasteiger partial charge < -0.3 is 14.3 Å². The summed E-state index contributed by atoms with van der Waals surface area (Å²) in [6.07, 6.45) is 0.457. The molecule has 1 aromatic carbocycles. The van der Waals surface area contributed by atoms with Crippen LogP contribution in [-0.2, 0) is 4.79 Å². The Balaban J connectivity index is 2.21. The standard InChI is InChI=1S/C15H15ClFNO6S/c1-8(19)23-14-12(20)13(11-9(16)4-2-5-10(11)17)24-15(14)18-6-3-7-25(18,21)22/h2,4-5,20-22H,3,6-7H2,1H3. The van der Waals surface area contributed by atoms with Crippen LogP contribution < -0.4 is 9.04 Å². The summed E-state index contributed by atoms with van der Waals surface area (Å²) in [5.74, 6) is -3.12. The molecule has 25 heavy (non-hydrogen) atoms. The number of hydrogen-bond acceptors (Lipinski definition) is 7. The van der Waals surface area contributed by atoms with Crippen LogP contribution in [0.1, 0.15) is 13.3 Å². The van der Waals surface area contributed by atoms with Crippen LogP contribution in [0.15, 0.2) is 22.6 Å². The monoisotopic (exact) mass is 391 g/mol. The molecule has 2 aromatic rings. The van der Waals surface area contributed by atoms with Crippen LogP contribution in [0.2, 0.25) is 5.02 Å². The van der Waals surface area contributed by atoms with Gasteiger partial charge in [-0.3, -0.25) is 13.9 Å². The molecule has 136 valence electrons. The van der Waals surface area contributed by atoms with Crippen LogP contribution >= 0.6 is 22.4 Å². The predicted molar refractivity (Wildman–Crippen MR) is 91.8 cm³/mol. The summed E-state index contributed by atoms with van der Waals surface area (Å²) in [6, 6.07) is 3.90. The number of anilines is 1. The Morgan fingerprint density at radius 2 is 2.16 bits per heavy atom. The fourth-order valence-corrected chi connectivity index (χ4v) is 4.37. The molecular weight excluding hydrogens is 377 g/mol. The van der Waals surface area contributed by atoms with Crippen molar-refractivity contribution >= 4 is 34.2 Å². The number of carbonyl (C=O) groups excluding carboxylic acids is 1. The van der Waals surface area contributed by atoms with E-state index in [1.54, 1.807) is 0 Å². The number of furan rings is 1. The molecule has 0 unspecified atom stereocenters. The Morgan fingerprint density at radius 1 is 1.44 bits per heavy atom. The average molecular weight is 392 g/mol. The quantitative estimate of drug-likeness (QED) is 0.672. The molecule has 2 heterocycles. The summed E-state index contributed by atoms with van der Waals surface area (Å²) in [5, 5.41) is 10.4. The molecule has 0 aliphatic carbocycles. The van der Waals surface area contributed by atoms with Gasteiger partial charge in [0.15, 0.2) is 5.76 Å². The van der Waals surface area contributed by atoms with Crippen molar-refractivity contribution in [3.8, 4) is 22.8 Å². The Kier molecular flexibility index (Phi) is 4.58. The van der Waals surface area contributed by atoms with E-state index in [0.29, 0.717) is 6.42 Å². The highest BCUT2D eigenvalue weighted by atomic mass is 35.5. The van der Waals surface area contributed by atoms with E-state index >= 15 is 0 Å². The zero-order chi connectivity index (χ0) is 18.4. The first-order valence-corrected chi connectivity index (χ1v) is 9.29. The number of ether oxygens (including phenoxy) is 1. The Bertz CT molecular complexity index is 819. The van der Waals surface area contributed by atoms with Crippen LogP contribution in [0.5, 0.6) is 11.5 Å². The minimum Gasteiger partial charge on any atom is -0.502 e. The first-order chi connectivity index (χ1) is 11.7. The van der Waals surface area contributed by atoms with Gasteiger partial charge in [0.2, 0.25) is 11.5 Å². The third-order valence-corrected chi connectivity index (χ3v) is 5.82. The van der Waals surface area contributed by atoms with E-state index in [1.807, 2.05) is 0 Å². The maximum absolute atomic E-state index is 14.2. The van der Waals surface area contributed by atoms with Gasteiger partial charge in [0.25, 0.3) is 5.88 Å². The molecule has 0 bridgehead atoms. The van der Waals surface area contributed by atoms with Crippen molar-refractivity contribution in [1.29, 1.82) is 0 Å². The van der Waals surface area contributed by atoms with Crippen LogP contribution in [0.3, 0.4) is 0 Å². The molecule has 1 saturated heterocycles. The lowest BCUT2D eigenvalue weighted by molar-refractivity contribution is -0.132. The topological polar surface area (TPSA) is 103 Å². The van der Waals surface area contributed by atoms with Gasteiger partial charge in [-0.1, -0.05) is 17.7 Å². The van der Waals surface area contributed by atoms with Gasteiger partial charge in [0.1, 0.15) is 5.82 Å². The largest absolute Gasteiger partial charge is 0.502 e. The fourth-order valence-electron chi connectivity index (χ4n) is 2.57. The van der Waals surface area contributed by atoms with Crippen molar-refractivity contribution in [2.75, 3.05) is 16.6 Å². The third kappa shape index (κ3) is 3.15. The molecule has 1 aromatic heterocycles. The van der Waals surface area contributed by atoms with E-state index in [0.717, 1.165) is 17.3 Å². The van der Waals surface area contributed by atoms with Gasteiger partial charge in [-0.05, 0) is 18.6 Å². The average Bonchev–Trinajstić information content (AvgIpc) is 3.00. The number of carbonyl (C=O) groups is 1. The normalized spacial score (nSPS) is 17.6. The van der Waals surface area contributed by atoms with E-state index < -0.39 is 34.1 Å². The van der Waals surface area contributed by atoms with E-state index in [9.17, 15) is 23.4 Å². The molecule has 0 radical (unpaired) electrons. The molecular formula is C15H15ClFNO6S. The second-order valence-electron chi connectivity index (χ2n) is 5.40. The van der Waals surface area contributed by atoms with E-state index in [2.05, 4.69) is 0 Å². The molecule has 0 atom stereocenters. The lowest BCUT2D eigenvalue weighted by atomic mass is 10.1. The first kappa shape index (κ1) is 17.9. The van der Waals surface area contributed by atoms with Crippen LogP contribution in [0.4, 0.5) is 10.3 Å². The second-order valence-corrected chi connectivity index (χ2v) is 7.92. The molecule has 1 fully saturated rings. The van der Waals surface area contributed by atoms with Crippen LogP contribution in [0, 0.1) is 5.82 Å². The van der Waals surface area contributed by atoms with E-state index in [1.165, 1.54) is 12.1 Å². The van der Waals surface area contributed by atoms with Crippen LogP contribution in [0.25, 0.3) is 11.3 Å². The highest BCUT2D eigenvalue weighted by molar-refractivity contribution is 8.25. The summed E-state index contributed by atoms with van der Waals surface area (Å²) in [5.41, 5.74) is -0.225. The molecule has 1 aliphatic rings. The minimum absolute atomic E-state index is 0.0296. The second kappa shape index (κ2) is 6.41. The third-order valence-electron chi connectivity index (χ3n) is 3.62. The summed E-state index contributed by atoms with van der Waals surface area (Å²) in [4.78, 5) is 11.4. The number of benzene rings is 1. The van der Waals surface area contributed by atoms with Gasteiger partial charge in [0.05, 0.1) is 16.3 Å².